The van der Waals surface area contributed by atoms with Crippen LogP contribution in [0.4, 0.5) is 5.82 Å². The van der Waals surface area contributed by atoms with Gasteiger partial charge in [-0.15, -0.1) is 0 Å². The van der Waals surface area contributed by atoms with Crippen molar-refractivity contribution < 1.29 is 19.6 Å². The molecular formula is C25H27BN4O4. The number of benzene rings is 2. The van der Waals surface area contributed by atoms with Crippen molar-refractivity contribution in [3.05, 3.63) is 81.8 Å². The minimum atomic E-state index is -1.51. The summed E-state index contributed by atoms with van der Waals surface area (Å²) in [6.07, 6.45) is 1.46. The van der Waals surface area contributed by atoms with E-state index in [-0.39, 0.29) is 11.8 Å². The zero-order chi connectivity index (χ0) is 23.8. The van der Waals surface area contributed by atoms with Crippen molar-refractivity contribution in [3.63, 3.8) is 0 Å². The highest BCUT2D eigenvalue weighted by atomic mass is 16.5. The van der Waals surface area contributed by atoms with Crippen molar-refractivity contribution in [2.24, 2.45) is 11.7 Å². The van der Waals surface area contributed by atoms with Gasteiger partial charge in [0.2, 0.25) is 5.91 Å². The summed E-state index contributed by atoms with van der Waals surface area (Å²) in [5.74, 6) is 1.23. The first kappa shape index (κ1) is 22.5. The van der Waals surface area contributed by atoms with Crippen molar-refractivity contribution in [3.8, 4) is 0 Å². The first-order valence-corrected chi connectivity index (χ1v) is 11.5. The number of carbonyl (C=O) groups is 1. The molecule has 0 fully saturated rings. The highest BCUT2D eigenvalue weighted by molar-refractivity contribution is 6.58. The summed E-state index contributed by atoms with van der Waals surface area (Å²) in [7, 11) is -1.51. The number of aromatic nitrogens is 2. The maximum atomic E-state index is 12.0. The summed E-state index contributed by atoms with van der Waals surface area (Å²) in [5.41, 5.74) is 11.5. The molecule has 2 heterocycles. The van der Waals surface area contributed by atoms with E-state index in [1.807, 2.05) is 18.2 Å². The number of carbonyl (C=O) groups excluding carboxylic acids is 1. The third-order valence-electron chi connectivity index (χ3n) is 6.74. The Labute approximate surface area is 198 Å². The summed E-state index contributed by atoms with van der Waals surface area (Å²) in [6.45, 7) is 3.67. The first-order chi connectivity index (χ1) is 16.4. The Bertz CT molecular complexity index is 1250. The van der Waals surface area contributed by atoms with E-state index in [1.54, 1.807) is 24.3 Å². The number of nitrogens with one attached hydrogen (secondary N) is 1. The molecule has 0 saturated heterocycles. The lowest BCUT2D eigenvalue weighted by molar-refractivity contribution is 0.0999. The average molecular weight is 458 g/mol. The molecule has 8 nitrogen and oxygen atoms in total. The third kappa shape index (κ3) is 4.18. The Morgan fingerprint density at radius 1 is 1.21 bits per heavy atom. The Hall–Kier alpha value is -3.27. The van der Waals surface area contributed by atoms with Crippen molar-refractivity contribution in [1.82, 2.24) is 9.97 Å². The van der Waals surface area contributed by atoms with Gasteiger partial charge < -0.3 is 25.8 Å². The molecule has 9 heteroatoms. The highest BCUT2D eigenvalue weighted by Crippen LogP contribution is 2.43. The van der Waals surface area contributed by atoms with Gasteiger partial charge in [0.15, 0.2) is 0 Å². The van der Waals surface area contributed by atoms with Crippen LogP contribution in [-0.2, 0) is 30.7 Å². The van der Waals surface area contributed by atoms with Crippen LogP contribution in [0.15, 0.2) is 42.5 Å². The van der Waals surface area contributed by atoms with Crippen LogP contribution in [0.2, 0.25) is 0 Å². The molecule has 2 aliphatic rings. The van der Waals surface area contributed by atoms with E-state index in [0.29, 0.717) is 36.6 Å². The van der Waals surface area contributed by atoms with Gasteiger partial charge in [0.1, 0.15) is 11.6 Å². The van der Waals surface area contributed by atoms with Crippen molar-refractivity contribution in [2.45, 2.75) is 38.8 Å². The molecule has 1 amide bonds. The fourth-order valence-corrected chi connectivity index (χ4v) is 5.10. The van der Waals surface area contributed by atoms with Crippen LogP contribution >= 0.6 is 0 Å². The summed E-state index contributed by atoms with van der Waals surface area (Å²) in [6, 6.07) is 12.8. The van der Waals surface area contributed by atoms with Gasteiger partial charge in [-0.2, -0.15) is 0 Å². The molecule has 2 atom stereocenters. The minimum absolute atomic E-state index is 0.0464. The van der Waals surface area contributed by atoms with E-state index < -0.39 is 13.0 Å². The lowest BCUT2D eigenvalue weighted by atomic mass is 9.79. The smallest absolute Gasteiger partial charge is 0.423 e. The normalized spacial score (nSPS) is 18.8. The topological polar surface area (TPSA) is 131 Å². The van der Waals surface area contributed by atoms with Gasteiger partial charge in [0.05, 0.1) is 18.9 Å². The zero-order valence-corrected chi connectivity index (χ0v) is 19.0. The summed E-state index contributed by atoms with van der Waals surface area (Å²) < 4.78 is 5.69. The molecule has 174 valence electrons. The molecule has 0 spiro atoms. The summed E-state index contributed by atoms with van der Waals surface area (Å²) >= 11 is 0. The zero-order valence-electron chi connectivity index (χ0n) is 19.0. The Morgan fingerprint density at radius 3 is 2.82 bits per heavy atom. The second kappa shape index (κ2) is 9.17. The summed E-state index contributed by atoms with van der Waals surface area (Å²) in [5, 5.41) is 22.4. The number of primary amides is 1. The molecule has 2 aromatic carbocycles. The number of ether oxygens (including phenoxy) is 1. The van der Waals surface area contributed by atoms with Gasteiger partial charge in [-0.05, 0) is 40.6 Å². The Kier molecular flexibility index (Phi) is 6.08. The van der Waals surface area contributed by atoms with E-state index in [4.69, 9.17) is 20.4 Å². The fraction of sp³-hybridized carbons (Fsp3) is 0.320. The molecule has 5 rings (SSSR count). The maximum absolute atomic E-state index is 12.0. The van der Waals surface area contributed by atoms with Crippen LogP contribution in [-0.4, -0.2) is 39.6 Å². The van der Waals surface area contributed by atoms with E-state index >= 15 is 0 Å². The number of amides is 1. The molecule has 0 bridgehead atoms. The molecule has 0 radical (unpaired) electrons. The molecular weight excluding hydrogens is 431 g/mol. The highest BCUT2D eigenvalue weighted by Gasteiger charge is 2.36. The minimum Gasteiger partial charge on any atom is -0.423 e. The number of fused-ring (bicyclic) bond motifs is 2. The van der Waals surface area contributed by atoms with Gasteiger partial charge in [-0.3, -0.25) is 4.79 Å². The third-order valence-corrected chi connectivity index (χ3v) is 6.74. The van der Waals surface area contributed by atoms with Crippen molar-refractivity contribution in [1.29, 1.82) is 0 Å². The molecule has 2 unspecified atom stereocenters. The Balaban J connectivity index is 1.51. The average Bonchev–Trinajstić information content (AvgIpc) is 3.18. The standard InChI is InChI=1S/C25H27BN4O4/c1-14-10-20-17(6-3-7-18(20)23(27)31)22(14)25-29-21-13-34-9-8-19(21)24(30-25)28-12-15-4-2-5-16(11-15)26(32)33/h2-7,11,14,22,32-33H,8-10,12-13H2,1H3,(H2,27,31)(H,28,29,30). The predicted octanol–water partition coefficient (Wildman–Crippen LogP) is 1.26. The van der Waals surface area contributed by atoms with Crippen LogP contribution in [0.1, 0.15) is 57.0 Å². The molecule has 1 aliphatic heterocycles. The molecule has 34 heavy (non-hydrogen) atoms. The second-order valence-corrected chi connectivity index (χ2v) is 9.03. The van der Waals surface area contributed by atoms with Crippen LogP contribution in [0.5, 0.6) is 0 Å². The van der Waals surface area contributed by atoms with Gasteiger partial charge in [-0.25, -0.2) is 9.97 Å². The first-order valence-electron chi connectivity index (χ1n) is 11.5. The molecule has 5 N–H and O–H groups in total. The largest absolute Gasteiger partial charge is 0.488 e. The van der Waals surface area contributed by atoms with E-state index in [9.17, 15) is 14.8 Å². The lowest BCUT2D eigenvalue weighted by Gasteiger charge is -2.23. The van der Waals surface area contributed by atoms with E-state index in [0.717, 1.165) is 46.6 Å². The predicted molar refractivity (Wildman–Crippen MR) is 129 cm³/mol. The van der Waals surface area contributed by atoms with Crippen LogP contribution in [0, 0.1) is 5.92 Å². The van der Waals surface area contributed by atoms with Gasteiger partial charge in [0.25, 0.3) is 0 Å². The number of rotatable bonds is 6. The van der Waals surface area contributed by atoms with Crippen molar-refractivity contribution in [2.75, 3.05) is 11.9 Å². The molecule has 0 saturated carbocycles. The number of nitrogens with two attached hydrogens (primary N) is 1. The lowest BCUT2D eigenvalue weighted by Crippen LogP contribution is -2.30. The van der Waals surface area contributed by atoms with E-state index in [1.165, 1.54) is 0 Å². The van der Waals surface area contributed by atoms with Gasteiger partial charge >= 0.3 is 7.12 Å². The van der Waals surface area contributed by atoms with Crippen LogP contribution < -0.4 is 16.5 Å². The van der Waals surface area contributed by atoms with Gasteiger partial charge in [-0.1, -0.05) is 43.3 Å². The number of nitrogens with zero attached hydrogens (tertiary/aromatic N) is 2. The van der Waals surface area contributed by atoms with Crippen LogP contribution in [0.25, 0.3) is 0 Å². The monoisotopic (exact) mass is 458 g/mol. The molecule has 3 aromatic rings. The van der Waals surface area contributed by atoms with E-state index in [2.05, 4.69) is 12.2 Å². The SMILES string of the molecule is CC1Cc2c(C(N)=O)cccc2C1c1nc2c(c(NCc3cccc(B(O)O)c3)n1)CCOC2. The molecule has 1 aromatic heterocycles. The second-order valence-electron chi connectivity index (χ2n) is 9.03. The van der Waals surface area contributed by atoms with Gasteiger partial charge in [0, 0.05) is 30.0 Å². The maximum Gasteiger partial charge on any atom is 0.488 e. The number of anilines is 1. The summed E-state index contributed by atoms with van der Waals surface area (Å²) in [4.78, 5) is 21.9. The Morgan fingerprint density at radius 2 is 2.03 bits per heavy atom. The quantitative estimate of drug-likeness (QED) is 0.409. The number of hydrogen-bond donors (Lipinski definition) is 4. The molecule has 1 aliphatic carbocycles. The van der Waals surface area contributed by atoms with Crippen molar-refractivity contribution >= 4 is 24.3 Å². The van der Waals surface area contributed by atoms with Crippen LogP contribution in [0.3, 0.4) is 0 Å². The number of hydrogen-bond acceptors (Lipinski definition) is 7. The fourth-order valence-electron chi connectivity index (χ4n) is 5.10.